The van der Waals surface area contributed by atoms with Gasteiger partial charge in [-0.05, 0) is 13.8 Å². The average molecular weight is 237 g/mol. The van der Waals surface area contributed by atoms with E-state index in [2.05, 4.69) is 14.9 Å². The molecule has 0 bridgehead atoms. The summed E-state index contributed by atoms with van der Waals surface area (Å²) in [5, 5.41) is 7.24. The molecular weight excluding hydrogens is 218 g/mol. The molecule has 0 unspecified atom stereocenters. The van der Waals surface area contributed by atoms with Crippen LogP contribution < -0.4 is 10.6 Å². The minimum atomic E-state index is -0.0681. The Bertz CT molecular complexity index is 351. The van der Waals surface area contributed by atoms with E-state index in [1.54, 1.807) is 6.20 Å². The molecule has 0 aromatic carbocycles. The van der Waals surface area contributed by atoms with E-state index in [1.807, 2.05) is 13.8 Å². The molecule has 0 atom stereocenters. The maximum absolute atomic E-state index is 7.24. The van der Waals surface area contributed by atoms with Crippen LogP contribution in [0.3, 0.4) is 0 Å². The summed E-state index contributed by atoms with van der Waals surface area (Å²) in [7, 11) is 0. The van der Waals surface area contributed by atoms with Gasteiger partial charge in [-0.25, -0.2) is 9.97 Å². The van der Waals surface area contributed by atoms with Gasteiger partial charge in [-0.2, -0.15) is 0 Å². The molecule has 0 amide bonds. The van der Waals surface area contributed by atoms with Crippen LogP contribution in [0.4, 0.5) is 5.82 Å². The molecular formula is C11H19N5O. The number of likely N-dealkylation sites (N-methyl/N-ethyl adjacent to an activating group) is 1. The third kappa shape index (κ3) is 3.99. The molecule has 0 aliphatic rings. The van der Waals surface area contributed by atoms with E-state index in [0.717, 1.165) is 18.9 Å². The largest absolute Gasteiger partial charge is 0.382 e. The van der Waals surface area contributed by atoms with Crippen molar-refractivity contribution in [2.45, 2.75) is 13.8 Å². The first-order valence-electron chi connectivity index (χ1n) is 5.68. The fourth-order valence-electron chi connectivity index (χ4n) is 1.38. The van der Waals surface area contributed by atoms with Crippen LogP contribution in [0.15, 0.2) is 12.4 Å². The zero-order valence-electron chi connectivity index (χ0n) is 10.3. The van der Waals surface area contributed by atoms with Crippen LogP contribution in [0, 0.1) is 5.41 Å². The maximum atomic E-state index is 7.24. The number of nitrogens with one attached hydrogen (secondary N) is 1. The number of ether oxygens (including phenoxy) is 1. The number of rotatable bonds is 7. The van der Waals surface area contributed by atoms with Gasteiger partial charge in [-0.1, -0.05) is 0 Å². The Morgan fingerprint density at radius 1 is 1.41 bits per heavy atom. The van der Waals surface area contributed by atoms with E-state index in [4.69, 9.17) is 15.9 Å². The number of nitrogen functional groups attached to an aromatic ring is 1. The van der Waals surface area contributed by atoms with Crippen molar-refractivity contribution in [3.05, 3.63) is 18.1 Å². The topological polar surface area (TPSA) is 88.1 Å². The maximum Gasteiger partial charge on any atom is 0.147 e. The van der Waals surface area contributed by atoms with Gasteiger partial charge in [0.2, 0.25) is 0 Å². The fourth-order valence-corrected chi connectivity index (χ4v) is 1.38. The molecule has 0 aliphatic carbocycles. The molecule has 0 aliphatic heterocycles. The van der Waals surface area contributed by atoms with Gasteiger partial charge < -0.3 is 15.4 Å². The molecule has 17 heavy (non-hydrogen) atoms. The number of nitrogens with zero attached hydrogens (tertiary/aromatic N) is 3. The van der Waals surface area contributed by atoms with E-state index >= 15 is 0 Å². The second kappa shape index (κ2) is 6.80. The molecule has 0 saturated carbocycles. The van der Waals surface area contributed by atoms with Gasteiger partial charge in [0.05, 0.1) is 19.0 Å². The van der Waals surface area contributed by atoms with Gasteiger partial charge in [-0.3, -0.25) is 5.41 Å². The number of aromatic nitrogens is 2. The van der Waals surface area contributed by atoms with Gasteiger partial charge in [-0.15, -0.1) is 0 Å². The van der Waals surface area contributed by atoms with Gasteiger partial charge in [0.1, 0.15) is 17.3 Å². The van der Waals surface area contributed by atoms with Crippen molar-refractivity contribution < 1.29 is 4.74 Å². The highest BCUT2D eigenvalue weighted by Gasteiger charge is 2.07. The standard InChI is InChI=1S/C11H19N5O/c1-3-16(5-6-17-4-2)10-8-14-9(7-15-10)11(12)13/h7-8H,3-6H2,1-2H3,(H3,12,13). The first kappa shape index (κ1) is 13.4. The smallest absolute Gasteiger partial charge is 0.147 e. The SMILES string of the molecule is CCOCCN(CC)c1cnc(C(=N)N)cn1. The summed E-state index contributed by atoms with van der Waals surface area (Å²) >= 11 is 0. The molecule has 1 rings (SSSR count). The van der Waals surface area contributed by atoms with E-state index in [-0.39, 0.29) is 5.84 Å². The van der Waals surface area contributed by atoms with Crippen molar-refractivity contribution in [1.29, 1.82) is 5.41 Å². The predicted molar refractivity (Wildman–Crippen MR) is 67.4 cm³/mol. The van der Waals surface area contributed by atoms with Gasteiger partial charge in [0.25, 0.3) is 0 Å². The van der Waals surface area contributed by atoms with Crippen molar-refractivity contribution in [1.82, 2.24) is 9.97 Å². The van der Waals surface area contributed by atoms with Crippen molar-refractivity contribution in [3.63, 3.8) is 0 Å². The van der Waals surface area contributed by atoms with E-state index in [1.165, 1.54) is 6.20 Å². The minimum absolute atomic E-state index is 0.0681. The normalized spacial score (nSPS) is 10.2. The Labute approximate surface area is 101 Å². The Morgan fingerprint density at radius 2 is 2.18 bits per heavy atom. The Kier molecular flexibility index (Phi) is 5.35. The lowest BCUT2D eigenvalue weighted by Crippen LogP contribution is -2.28. The second-order valence-electron chi connectivity index (χ2n) is 3.45. The quantitative estimate of drug-likeness (QED) is 0.412. The fraction of sp³-hybridized carbons (Fsp3) is 0.545. The lowest BCUT2D eigenvalue weighted by molar-refractivity contribution is 0.154. The van der Waals surface area contributed by atoms with Crippen molar-refractivity contribution in [2.75, 3.05) is 31.2 Å². The third-order valence-corrected chi connectivity index (χ3v) is 2.33. The lowest BCUT2D eigenvalue weighted by Gasteiger charge is -2.21. The molecule has 1 aromatic rings. The summed E-state index contributed by atoms with van der Waals surface area (Å²) in [4.78, 5) is 10.4. The van der Waals surface area contributed by atoms with Crippen molar-refractivity contribution in [2.24, 2.45) is 5.73 Å². The monoisotopic (exact) mass is 237 g/mol. The summed E-state index contributed by atoms with van der Waals surface area (Å²) in [6.07, 6.45) is 3.15. The van der Waals surface area contributed by atoms with Crippen LogP contribution in [0.1, 0.15) is 19.5 Å². The lowest BCUT2D eigenvalue weighted by atomic mass is 10.4. The van der Waals surface area contributed by atoms with Crippen LogP contribution in [-0.2, 0) is 4.74 Å². The first-order chi connectivity index (χ1) is 8.19. The molecule has 0 fully saturated rings. The Hall–Kier alpha value is -1.69. The highest BCUT2D eigenvalue weighted by Crippen LogP contribution is 2.08. The van der Waals surface area contributed by atoms with Gasteiger partial charge >= 0.3 is 0 Å². The number of hydrogen-bond acceptors (Lipinski definition) is 5. The summed E-state index contributed by atoms with van der Waals surface area (Å²) in [5.41, 5.74) is 5.72. The highest BCUT2D eigenvalue weighted by molar-refractivity contribution is 5.92. The molecule has 1 aromatic heterocycles. The van der Waals surface area contributed by atoms with Crippen LogP contribution in [-0.4, -0.2) is 42.1 Å². The van der Waals surface area contributed by atoms with Gasteiger partial charge in [0.15, 0.2) is 0 Å². The van der Waals surface area contributed by atoms with Crippen LogP contribution in [0.5, 0.6) is 0 Å². The Morgan fingerprint density at radius 3 is 2.65 bits per heavy atom. The molecule has 1 heterocycles. The first-order valence-corrected chi connectivity index (χ1v) is 5.68. The van der Waals surface area contributed by atoms with Crippen molar-refractivity contribution in [3.8, 4) is 0 Å². The number of anilines is 1. The van der Waals surface area contributed by atoms with Gasteiger partial charge in [0, 0.05) is 19.7 Å². The minimum Gasteiger partial charge on any atom is -0.382 e. The van der Waals surface area contributed by atoms with E-state index < -0.39 is 0 Å². The number of nitrogens with two attached hydrogens (primary N) is 1. The summed E-state index contributed by atoms with van der Waals surface area (Å²) in [5.74, 6) is 0.707. The third-order valence-electron chi connectivity index (χ3n) is 2.33. The highest BCUT2D eigenvalue weighted by atomic mass is 16.5. The summed E-state index contributed by atoms with van der Waals surface area (Å²) < 4.78 is 5.31. The number of hydrogen-bond donors (Lipinski definition) is 2. The van der Waals surface area contributed by atoms with Crippen LogP contribution in [0.2, 0.25) is 0 Å². The van der Waals surface area contributed by atoms with Crippen LogP contribution in [0.25, 0.3) is 0 Å². The molecule has 0 spiro atoms. The van der Waals surface area contributed by atoms with E-state index in [9.17, 15) is 0 Å². The summed E-state index contributed by atoms with van der Waals surface area (Å²) in [6, 6.07) is 0. The molecule has 94 valence electrons. The zero-order chi connectivity index (χ0) is 12.7. The Balaban J connectivity index is 2.65. The molecule has 3 N–H and O–H groups in total. The van der Waals surface area contributed by atoms with Crippen LogP contribution >= 0.6 is 0 Å². The summed E-state index contributed by atoms with van der Waals surface area (Å²) in [6.45, 7) is 7.01. The zero-order valence-corrected chi connectivity index (χ0v) is 10.3. The second-order valence-corrected chi connectivity index (χ2v) is 3.45. The average Bonchev–Trinajstić information content (AvgIpc) is 2.35. The molecule has 0 radical (unpaired) electrons. The molecule has 6 nitrogen and oxygen atoms in total. The molecule has 6 heteroatoms. The number of amidine groups is 1. The van der Waals surface area contributed by atoms with E-state index in [0.29, 0.717) is 18.9 Å². The van der Waals surface area contributed by atoms with Crippen molar-refractivity contribution >= 4 is 11.7 Å². The predicted octanol–water partition coefficient (Wildman–Crippen LogP) is 0.623. The molecule has 0 saturated heterocycles.